The van der Waals surface area contributed by atoms with Gasteiger partial charge in [0.2, 0.25) is 0 Å². The van der Waals surface area contributed by atoms with Crippen LogP contribution in [0.5, 0.6) is 0 Å². The number of hydrogen-bond donors (Lipinski definition) is 1. The summed E-state index contributed by atoms with van der Waals surface area (Å²) < 4.78 is 27.6. The Balaban J connectivity index is 2.58. The van der Waals surface area contributed by atoms with Crippen LogP contribution in [0.1, 0.15) is 25.3 Å². The average Bonchev–Trinajstić information content (AvgIpc) is 2.35. The van der Waals surface area contributed by atoms with Crippen molar-refractivity contribution in [2.45, 2.75) is 31.7 Å². The van der Waals surface area contributed by atoms with Crippen molar-refractivity contribution in [1.29, 1.82) is 0 Å². The van der Waals surface area contributed by atoms with Crippen LogP contribution in [-0.2, 0) is 5.92 Å². The maximum atomic E-state index is 13.8. The van der Waals surface area contributed by atoms with E-state index in [1.807, 2.05) is 6.92 Å². The molecule has 0 radical (unpaired) electrons. The summed E-state index contributed by atoms with van der Waals surface area (Å²) >= 11 is 0. The molecule has 92 valence electrons. The molecule has 0 spiro atoms. The zero-order valence-corrected chi connectivity index (χ0v) is 9.92. The third kappa shape index (κ3) is 4.16. The van der Waals surface area contributed by atoms with Gasteiger partial charge in [-0.3, -0.25) is 0 Å². The second-order valence-electron chi connectivity index (χ2n) is 3.96. The van der Waals surface area contributed by atoms with Crippen LogP contribution in [0.25, 0.3) is 0 Å². The molecular formula is C14H17F2N. The highest BCUT2D eigenvalue weighted by molar-refractivity contribution is 5.20. The van der Waals surface area contributed by atoms with Crippen LogP contribution in [-0.4, -0.2) is 12.6 Å². The molecule has 0 amide bonds. The normalized spacial score (nSPS) is 13.1. The lowest BCUT2D eigenvalue weighted by atomic mass is 10.1. The molecule has 0 aromatic heterocycles. The third-order valence-corrected chi connectivity index (χ3v) is 2.67. The molecular weight excluding hydrogens is 220 g/mol. The van der Waals surface area contributed by atoms with Crippen LogP contribution in [0.15, 0.2) is 30.3 Å². The predicted molar refractivity (Wildman–Crippen MR) is 65.9 cm³/mol. The van der Waals surface area contributed by atoms with Crippen molar-refractivity contribution in [3.8, 4) is 12.3 Å². The molecule has 0 fully saturated rings. The SMILES string of the molecule is C#CCC(CC)NCC(F)(F)c1ccccc1. The van der Waals surface area contributed by atoms with E-state index in [0.717, 1.165) is 6.42 Å². The molecule has 1 unspecified atom stereocenters. The van der Waals surface area contributed by atoms with Gasteiger partial charge in [0, 0.05) is 18.0 Å². The maximum Gasteiger partial charge on any atom is 0.285 e. The molecule has 0 bridgehead atoms. The number of nitrogens with one attached hydrogen (secondary N) is 1. The number of alkyl halides is 2. The van der Waals surface area contributed by atoms with Crippen molar-refractivity contribution in [2.75, 3.05) is 6.54 Å². The molecule has 1 nitrogen and oxygen atoms in total. The van der Waals surface area contributed by atoms with E-state index >= 15 is 0 Å². The number of halogens is 2. The van der Waals surface area contributed by atoms with E-state index in [-0.39, 0.29) is 18.2 Å². The second kappa shape index (κ2) is 6.36. The van der Waals surface area contributed by atoms with Crippen LogP contribution in [0, 0.1) is 12.3 Å². The van der Waals surface area contributed by atoms with E-state index in [2.05, 4.69) is 11.2 Å². The molecule has 1 rings (SSSR count). The molecule has 1 atom stereocenters. The summed E-state index contributed by atoms with van der Waals surface area (Å²) in [5, 5.41) is 2.82. The molecule has 1 N–H and O–H groups in total. The lowest BCUT2D eigenvalue weighted by Gasteiger charge is -2.21. The van der Waals surface area contributed by atoms with Crippen molar-refractivity contribution >= 4 is 0 Å². The van der Waals surface area contributed by atoms with Crippen molar-refractivity contribution < 1.29 is 8.78 Å². The fourth-order valence-corrected chi connectivity index (χ4v) is 1.56. The van der Waals surface area contributed by atoms with E-state index in [1.165, 1.54) is 12.1 Å². The highest BCUT2D eigenvalue weighted by Crippen LogP contribution is 2.26. The number of rotatable bonds is 6. The summed E-state index contributed by atoms with van der Waals surface area (Å²) in [4.78, 5) is 0. The summed E-state index contributed by atoms with van der Waals surface area (Å²) in [6.45, 7) is 1.55. The first-order chi connectivity index (χ1) is 8.10. The summed E-state index contributed by atoms with van der Waals surface area (Å²) in [5.74, 6) is -0.371. The zero-order chi connectivity index (χ0) is 12.7. The fourth-order valence-electron chi connectivity index (χ4n) is 1.56. The lowest BCUT2D eigenvalue weighted by molar-refractivity contribution is -0.00571. The largest absolute Gasteiger partial charge is 0.307 e. The van der Waals surface area contributed by atoms with Gasteiger partial charge in [-0.1, -0.05) is 37.3 Å². The van der Waals surface area contributed by atoms with Gasteiger partial charge in [0.1, 0.15) is 0 Å². The Labute approximate surface area is 101 Å². The first-order valence-electron chi connectivity index (χ1n) is 5.70. The van der Waals surface area contributed by atoms with Gasteiger partial charge in [0.15, 0.2) is 0 Å². The average molecular weight is 237 g/mol. The molecule has 0 aliphatic heterocycles. The van der Waals surface area contributed by atoms with Crippen molar-refractivity contribution in [3.05, 3.63) is 35.9 Å². The number of benzene rings is 1. The highest BCUT2D eigenvalue weighted by atomic mass is 19.3. The van der Waals surface area contributed by atoms with E-state index in [1.54, 1.807) is 18.2 Å². The summed E-state index contributed by atoms with van der Waals surface area (Å²) in [7, 11) is 0. The predicted octanol–water partition coefficient (Wildman–Crippen LogP) is 3.17. The number of terminal acetylenes is 1. The zero-order valence-electron chi connectivity index (χ0n) is 9.92. The van der Waals surface area contributed by atoms with Gasteiger partial charge in [-0.15, -0.1) is 12.3 Å². The molecule has 0 aliphatic rings. The Bertz CT molecular complexity index is 368. The summed E-state index contributed by atoms with van der Waals surface area (Å²) in [6.07, 6.45) is 6.40. The van der Waals surface area contributed by atoms with Crippen LogP contribution in [0.3, 0.4) is 0 Å². The molecule has 3 heteroatoms. The topological polar surface area (TPSA) is 12.0 Å². The van der Waals surface area contributed by atoms with Crippen molar-refractivity contribution in [1.82, 2.24) is 5.32 Å². The summed E-state index contributed by atoms with van der Waals surface area (Å²) in [6, 6.07) is 7.77. The Kier molecular flexibility index (Phi) is 5.11. The van der Waals surface area contributed by atoms with Gasteiger partial charge >= 0.3 is 0 Å². The molecule has 1 aromatic carbocycles. The van der Waals surface area contributed by atoms with E-state index in [9.17, 15) is 8.78 Å². The van der Waals surface area contributed by atoms with Gasteiger partial charge in [0.05, 0.1) is 6.54 Å². The minimum atomic E-state index is -2.86. The molecule has 0 saturated carbocycles. The first-order valence-corrected chi connectivity index (χ1v) is 5.70. The van der Waals surface area contributed by atoms with Gasteiger partial charge in [-0.2, -0.15) is 8.78 Å². The van der Waals surface area contributed by atoms with E-state index in [4.69, 9.17) is 6.42 Å². The molecule has 0 aliphatic carbocycles. The van der Waals surface area contributed by atoms with E-state index < -0.39 is 5.92 Å². The Morgan fingerprint density at radius 1 is 1.35 bits per heavy atom. The Morgan fingerprint density at radius 2 is 2.00 bits per heavy atom. The Hall–Kier alpha value is -1.40. The van der Waals surface area contributed by atoms with Crippen LogP contribution < -0.4 is 5.32 Å². The summed E-state index contributed by atoms with van der Waals surface area (Å²) in [5.41, 5.74) is 0.0306. The van der Waals surface area contributed by atoms with Crippen LogP contribution in [0.2, 0.25) is 0 Å². The van der Waals surface area contributed by atoms with Crippen LogP contribution in [0.4, 0.5) is 8.78 Å². The first kappa shape index (κ1) is 13.7. The van der Waals surface area contributed by atoms with Crippen molar-refractivity contribution in [2.24, 2.45) is 0 Å². The molecule has 0 heterocycles. The van der Waals surface area contributed by atoms with Crippen LogP contribution >= 0.6 is 0 Å². The van der Waals surface area contributed by atoms with E-state index in [0.29, 0.717) is 6.42 Å². The van der Waals surface area contributed by atoms with Gasteiger partial charge in [-0.25, -0.2) is 0 Å². The van der Waals surface area contributed by atoms with Gasteiger partial charge in [0.25, 0.3) is 5.92 Å². The van der Waals surface area contributed by atoms with Gasteiger partial charge < -0.3 is 5.32 Å². The highest BCUT2D eigenvalue weighted by Gasteiger charge is 2.31. The molecule has 17 heavy (non-hydrogen) atoms. The lowest BCUT2D eigenvalue weighted by Crippen LogP contribution is -2.37. The maximum absolute atomic E-state index is 13.8. The monoisotopic (exact) mass is 237 g/mol. The smallest absolute Gasteiger partial charge is 0.285 e. The second-order valence-corrected chi connectivity index (χ2v) is 3.96. The number of hydrogen-bond acceptors (Lipinski definition) is 1. The van der Waals surface area contributed by atoms with Gasteiger partial charge in [-0.05, 0) is 6.42 Å². The molecule has 0 saturated heterocycles. The minimum Gasteiger partial charge on any atom is -0.307 e. The van der Waals surface area contributed by atoms with Crippen molar-refractivity contribution in [3.63, 3.8) is 0 Å². The quantitative estimate of drug-likeness (QED) is 0.749. The third-order valence-electron chi connectivity index (χ3n) is 2.67. The fraction of sp³-hybridized carbons (Fsp3) is 0.429. The molecule has 1 aromatic rings. The standard InChI is InChI=1S/C14H17F2N/c1-3-8-13(4-2)17-11-14(15,16)12-9-6-5-7-10-12/h1,5-7,9-10,13,17H,4,8,11H2,2H3. The Morgan fingerprint density at radius 3 is 2.53 bits per heavy atom. The minimum absolute atomic E-state index is 0.0306.